The first kappa shape index (κ1) is 16.7. The van der Waals surface area contributed by atoms with Gasteiger partial charge in [-0.25, -0.2) is 9.37 Å². The number of rotatable bonds is 2. The van der Waals surface area contributed by atoms with Crippen molar-refractivity contribution in [3.05, 3.63) is 63.3 Å². The second-order valence-corrected chi connectivity index (χ2v) is 8.15. The van der Waals surface area contributed by atoms with E-state index >= 15 is 0 Å². The van der Waals surface area contributed by atoms with Crippen LogP contribution < -0.4 is 0 Å². The molecule has 1 fully saturated rings. The number of hydrogen-bond acceptors (Lipinski definition) is 3. The molecule has 6 heteroatoms. The SMILES string of the molecule is O=C(c1cc(F)ccc1Br)N1CCC[C@H](c2nc3ccccc3s2)C1. The van der Waals surface area contributed by atoms with Crippen molar-refractivity contribution in [2.75, 3.05) is 13.1 Å². The first-order valence-corrected chi connectivity index (χ1v) is 9.82. The highest BCUT2D eigenvalue weighted by molar-refractivity contribution is 9.10. The summed E-state index contributed by atoms with van der Waals surface area (Å²) in [6.45, 7) is 1.32. The van der Waals surface area contributed by atoms with E-state index in [-0.39, 0.29) is 11.8 Å². The number of benzene rings is 2. The molecule has 1 aliphatic heterocycles. The van der Waals surface area contributed by atoms with Crippen LogP contribution in [0.5, 0.6) is 0 Å². The fourth-order valence-electron chi connectivity index (χ4n) is 3.26. The summed E-state index contributed by atoms with van der Waals surface area (Å²) >= 11 is 5.06. The highest BCUT2D eigenvalue weighted by Gasteiger charge is 2.28. The normalized spacial score (nSPS) is 17.8. The largest absolute Gasteiger partial charge is 0.338 e. The fraction of sp³-hybridized carbons (Fsp3) is 0.263. The molecule has 0 radical (unpaired) electrons. The number of hydrogen-bond donors (Lipinski definition) is 0. The topological polar surface area (TPSA) is 33.2 Å². The number of piperidine rings is 1. The Morgan fingerprint density at radius 3 is 2.96 bits per heavy atom. The Morgan fingerprint density at radius 1 is 1.28 bits per heavy atom. The van der Waals surface area contributed by atoms with Gasteiger partial charge in [-0.05, 0) is 59.1 Å². The molecule has 0 bridgehead atoms. The molecule has 1 saturated heterocycles. The summed E-state index contributed by atoms with van der Waals surface area (Å²) in [6.07, 6.45) is 1.95. The number of nitrogens with zero attached hydrogens (tertiary/aromatic N) is 2. The molecular formula is C19H16BrFN2OS. The number of thiazole rings is 1. The van der Waals surface area contributed by atoms with E-state index in [9.17, 15) is 9.18 Å². The summed E-state index contributed by atoms with van der Waals surface area (Å²) in [5.74, 6) is -0.286. The predicted molar refractivity (Wildman–Crippen MR) is 102 cm³/mol. The molecule has 1 amide bonds. The summed E-state index contributed by atoms with van der Waals surface area (Å²) in [5, 5.41) is 1.08. The fourth-order valence-corrected chi connectivity index (χ4v) is 4.77. The molecule has 2 heterocycles. The van der Waals surface area contributed by atoms with Gasteiger partial charge in [0.25, 0.3) is 5.91 Å². The number of aromatic nitrogens is 1. The average molecular weight is 419 g/mol. The van der Waals surface area contributed by atoms with E-state index < -0.39 is 5.82 Å². The first-order chi connectivity index (χ1) is 12.1. The van der Waals surface area contributed by atoms with E-state index in [2.05, 4.69) is 22.0 Å². The molecule has 3 nitrogen and oxygen atoms in total. The molecule has 1 aliphatic rings. The minimum atomic E-state index is -0.397. The average Bonchev–Trinajstić information content (AvgIpc) is 3.07. The number of likely N-dealkylation sites (tertiary alicyclic amines) is 1. The third-order valence-corrected chi connectivity index (χ3v) is 6.42. The molecule has 1 aromatic heterocycles. The number of halogens is 2. The van der Waals surface area contributed by atoms with Gasteiger partial charge in [0.2, 0.25) is 0 Å². The molecule has 1 atom stereocenters. The second kappa shape index (κ2) is 6.84. The van der Waals surface area contributed by atoms with E-state index in [0.29, 0.717) is 23.1 Å². The van der Waals surface area contributed by atoms with Crippen molar-refractivity contribution < 1.29 is 9.18 Å². The molecule has 0 aliphatic carbocycles. The van der Waals surface area contributed by atoms with Crippen molar-refractivity contribution in [3.8, 4) is 0 Å². The van der Waals surface area contributed by atoms with Crippen molar-refractivity contribution in [1.82, 2.24) is 9.88 Å². The van der Waals surface area contributed by atoms with Gasteiger partial charge in [0.05, 0.1) is 20.8 Å². The molecule has 128 valence electrons. The highest BCUT2D eigenvalue weighted by atomic mass is 79.9. The van der Waals surface area contributed by atoms with Crippen molar-refractivity contribution >= 4 is 43.4 Å². The van der Waals surface area contributed by atoms with Crippen LogP contribution in [0.1, 0.15) is 34.1 Å². The molecule has 0 saturated carbocycles. The Kier molecular flexibility index (Phi) is 4.56. The van der Waals surface area contributed by atoms with E-state index in [1.165, 1.54) is 16.8 Å². The smallest absolute Gasteiger partial charge is 0.255 e. The van der Waals surface area contributed by atoms with Crippen LogP contribution in [0.3, 0.4) is 0 Å². The lowest BCUT2D eigenvalue weighted by Gasteiger charge is -2.32. The maximum Gasteiger partial charge on any atom is 0.255 e. The second-order valence-electron chi connectivity index (χ2n) is 6.23. The number of para-hydroxylation sites is 1. The lowest BCUT2D eigenvalue weighted by molar-refractivity contribution is 0.0705. The number of fused-ring (bicyclic) bond motifs is 1. The molecular weight excluding hydrogens is 403 g/mol. The molecule has 25 heavy (non-hydrogen) atoms. The third-order valence-electron chi connectivity index (χ3n) is 4.53. The molecule has 2 aromatic carbocycles. The lowest BCUT2D eigenvalue weighted by atomic mass is 9.98. The summed E-state index contributed by atoms with van der Waals surface area (Å²) in [7, 11) is 0. The van der Waals surface area contributed by atoms with E-state index in [1.54, 1.807) is 17.4 Å². The summed E-state index contributed by atoms with van der Waals surface area (Å²) in [6, 6.07) is 12.3. The van der Waals surface area contributed by atoms with Gasteiger partial charge >= 0.3 is 0 Å². The Morgan fingerprint density at radius 2 is 2.12 bits per heavy atom. The number of amides is 1. The van der Waals surface area contributed by atoms with E-state index in [4.69, 9.17) is 4.98 Å². The zero-order chi connectivity index (χ0) is 17.4. The molecule has 4 rings (SSSR count). The first-order valence-electron chi connectivity index (χ1n) is 8.21. The molecule has 0 spiro atoms. The zero-order valence-corrected chi connectivity index (χ0v) is 15.8. The van der Waals surface area contributed by atoms with E-state index in [0.717, 1.165) is 23.4 Å². The van der Waals surface area contributed by atoms with Crippen LogP contribution in [0.15, 0.2) is 46.9 Å². The van der Waals surface area contributed by atoms with Gasteiger partial charge in [-0.2, -0.15) is 0 Å². The minimum Gasteiger partial charge on any atom is -0.338 e. The third kappa shape index (κ3) is 3.33. The standard InChI is InChI=1S/C19H16BrFN2OS/c20-15-8-7-13(21)10-14(15)19(24)23-9-3-4-12(11-23)18-22-16-5-1-2-6-17(16)25-18/h1-2,5-8,10,12H,3-4,9,11H2/t12-/m0/s1. The Balaban J connectivity index is 1.58. The molecule has 0 unspecified atom stereocenters. The van der Waals surface area contributed by atoms with Crippen molar-refractivity contribution in [1.29, 1.82) is 0 Å². The van der Waals surface area contributed by atoms with Gasteiger partial charge in [0.15, 0.2) is 0 Å². The number of carbonyl (C=O) groups is 1. The van der Waals surface area contributed by atoms with Gasteiger partial charge in [-0.15, -0.1) is 11.3 Å². The highest BCUT2D eigenvalue weighted by Crippen LogP contribution is 2.33. The maximum atomic E-state index is 13.5. The number of carbonyl (C=O) groups excluding carboxylic acids is 1. The summed E-state index contributed by atoms with van der Waals surface area (Å²) in [5.41, 5.74) is 1.39. The summed E-state index contributed by atoms with van der Waals surface area (Å²) < 4.78 is 15.3. The van der Waals surface area contributed by atoms with Crippen LogP contribution in [-0.4, -0.2) is 28.9 Å². The predicted octanol–water partition coefficient (Wildman–Crippen LogP) is 5.22. The lowest BCUT2D eigenvalue weighted by Crippen LogP contribution is -2.39. The molecule has 3 aromatic rings. The maximum absolute atomic E-state index is 13.5. The Hall–Kier alpha value is -1.79. The van der Waals surface area contributed by atoms with Crippen LogP contribution in [0.25, 0.3) is 10.2 Å². The monoisotopic (exact) mass is 418 g/mol. The quantitative estimate of drug-likeness (QED) is 0.571. The van der Waals surface area contributed by atoms with Crippen LogP contribution >= 0.6 is 27.3 Å². The Bertz CT molecular complexity index is 909. The van der Waals surface area contributed by atoms with Crippen molar-refractivity contribution in [2.24, 2.45) is 0 Å². The van der Waals surface area contributed by atoms with Gasteiger partial charge in [0.1, 0.15) is 5.82 Å². The van der Waals surface area contributed by atoms with Gasteiger partial charge in [0, 0.05) is 23.5 Å². The molecule has 0 N–H and O–H groups in total. The van der Waals surface area contributed by atoms with E-state index in [1.807, 2.05) is 23.1 Å². The van der Waals surface area contributed by atoms with Gasteiger partial charge < -0.3 is 4.90 Å². The van der Waals surface area contributed by atoms with Crippen LogP contribution in [0.4, 0.5) is 4.39 Å². The van der Waals surface area contributed by atoms with Crippen LogP contribution in [-0.2, 0) is 0 Å². The Labute approximate surface area is 157 Å². The van der Waals surface area contributed by atoms with Gasteiger partial charge in [-0.1, -0.05) is 12.1 Å². The van der Waals surface area contributed by atoms with Crippen LogP contribution in [0.2, 0.25) is 0 Å². The van der Waals surface area contributed by atoms with Crippen molar-refractivity contribution in [3.63, 3.8) is 0 Å². The zero-order valence-electron chi connectivity index (χ0n) is 13.4. The van der Waals surface area contributed by atoms with Gasteiger partial charge in [-0.3, -0.25) is 4.79 Å². The summed E-state index contributed by atoms with van der Waals surface area (Å²) in [4.78, 5) is 19.4. The minimum absolute atomic E-state index is 0.128. The van der Waals surface area contributed by atoms with Crippen molar-refractivity contribution in [2.45, 2.75) is 18.8 Å². The van der Waals surface area contributed by atoms with Crippen LogP contribution in [0, 0.1) is 5.82 Å².